The summed E-state index contributed by atoms with van der Waals surface area (Å²) in [6.07, 6.45) is 3.46. The van der Waals surface area contributed by atoms with E-state index >= 15 is 0 Å². The van der Waals surface area contributed by atoms with Crippen LogP contribution < -0.4 is 10.6 Å². The van der Waals surface area contributed by atoms with E-state index in [9.17, 15) is 9.59 Å². The van der Waals surface area contributed by atoms with E-state index in [1.54, 1.807) is 0 Å². The average Bonchev–Trinajstić information content (AvgIpc) is 3.08. The molecule has 0 radical (unpaired) electrons. The van der Waals surface area contributed by atoms with Crippen molar-refractivity contribution in [3.05, 3.63) is 65.2 Å². The summed E-state index contributed by atoms with van der Waals surface area (Å²) in [6, 6.07) is 16.4. The molecule has 5 nitrogen and oxygen atoms in total. The third kappa shape index (κ3) is 4.62. The fourth-order valence-electron chi connectivity index (χ4n) is 4.30. The summed E-state index contributed by atoms with van der Waals surface area (Å²) in [5, 5.41) is 0. The predicted molar refractivity (Wildman–Crippen MR) is 117 cm³/mol. The minimum atomic E-state index is 0. The molecule has 0 aliphatic carbocycles. The Kier molecular flexibility index (Phi) is 6.93. The molecule has 0 atom stereocenters. The van der Waals surface area contributed by atoms with Gasteiger partial charge in [0.05, 0.1) is 6.42 Å². The summed E-state index contributed by atoms with van der Waals surface area (Å²) in [7, 11) is 0. The summed E-state index contributed by atoms with van der Waals surface area (Å²) in [6.45, 7) is 1.99. The van der Waals surface area contributed by atoms with Crippen LogP contribution in [-0.4, -0.2) is 35.8 Å². The van der Waals surface area contributed by atoms with Crippen molar-refractivity contribution in [2.45, 2.75) is 44.7 Å². The minimum Gasteiger partial charge on any atom is -0.343 e. The van der Waals surface area contributed by atoms with Gasteiger partial charge >= 0.3 is 0 Å². The molecule has 2 N–H and O–H groups in total. The number of rotatable bonds is 5. The van der Waals surface area contributed by atoms with Gasteiger partial charge in [0, 0.05) is 37.8 Å². The number of nitrogens with zero attached hydrogens (tertiary/aromatic N) is 2. The van der Waals surface area contributed by atoms with Crippen LogP contribution in [0.25, 0.3) is 0 Å². The predicted octanol–water partition coefficient (Wildman–Crippen LogP) is 3.08. The monoisotopic (exact) mass is 413 g/mol. The molecule has 6 heteroatoms. The quantitative estimate of drug-likeness (QED) is 0.819. The summed E-state index contributed by atoms with van der Waals surface area (Å²) < 4.78 is 0. The highest BCUT2D eigenvalue weighted by molar-refractivity contribution is 6.01. The number of nitrogens with two attached hydrogens (primary N) is 1. The first-order valence-corrected chi connectivity index (χ1v) is 10.1. The number of amides is 2. The second-order valence-electron chi connectivity index (χ2n) is 7.70. The molecule has 154 valence electrons. The molecule has 0 spiro atoms. The van der Waals surface area contributed by atoms with E-state index in [1.807, 2.05) is 46.2 Å². The van der Waals surface area contributed by atoms with Gasteiger partial charge in [-0.1, -0.05) is 42.5 Å². The van der Waals surface area contributed by atoms with Crippen molar-refractivity contribution in [1.29, 1.82) is 0 Å². The van der Waals surface area contributed by atoms with Gasteiger partial charge in [0.15, 0.2) is 0 Å². The van der Waals surface area contributed by atoms with Gasteiger partial charge < -0.3 is 15.5 Å². The fraction of sp³-hybridized carbons (Fsp3) is 0.391. The largest absolute Gasteiger partial charge is 0.343 e. The molecule has 1 saturated heterocycles. The van der Waals surface area contributed by atoms with Crippen LogP contribution in [0, 0.1) is 0 Å². The smallest absolute Gasteiger partial charge is 0.231 e. The van der Waals surface area contributed by atoms with E-state index in [4.69, 9.17) is 5.73 Å². The number of carbonyl (C=O) groups excluding carboxylic acids is 2. The summed E-state index contributed by atoms with van der Waals surface area (Å²) in [4.78, 5) is 29.0. The topological polar surface area (TPSA) is 66.6 Å². The second-order valence-corrected chi connectivity index (χ2v) is 7.70. The zero-order valence-electron chi connectivity index (χ0n) is 16.5. The van der Waals surface area contributed by atoms with Crippen molar-refractivity contribution in [1.82, 2.24) is 4.90 Å². The highest BCUT2D eigenvalue weighted by Crippen LogP contribution is 2.33. The number of hydrogen-bond acceptors (Lipinski definition) is 3. The van der Waals surface area contributed by atoms with Crippen LogP contribution in [-0.2, 0) is 29.0 Å². The van der Waals surface area contributed by atoms with Crippen LogP contribution in [0.1, 0.15) is 36.0 Å². The van der Waals surface area contributed by atoms with Crippen molar-refractivity contribution in [3.63, 3.8) is 0 Å². The van der Waals surface area contributed by atoms with Gasteiger partial charge in [-0.25, -0.2) is 0 Å². The van der Waals surface area contributed by atoms with E-state index in [-0.39, 0.29) is 30.3 Å². The Balaban J connectivity index is 0.00000240. The molecule has 0 saturated carbocycles. The molecular weight excluding hydrogens is 386 g/mol. The first-order valence-electron chi connectivity index (χ1n) is 10.1. The third-order valence-corrected chi connectivity index (χ3v) is 5.93. The number of aryl methyl sites for hydroxylation is 1. The van der Waals surface area contributed by atoms with Crippen LogP contribution in [0.4, 0.5) is 5.69 Å². The number of halogens is 1. The van der Waals surface area contributed by atoms with E-state index in [0.29, 0.717) is 19.4 Å². The maximum atomic E-state index is 12.6. The van der Waals surface area contributed by atoms with E-state index in [2.05, 4.69) is 12.1 Å². The molecule has 2 aromatic rings. The fourth-order valence-corrected chi connectivity index (χ4v) is 4.30. The molecule has 29 heavy (non-hydrogen) atoms. The van der Waals surface area contributed by atoms with E-state index in [1.165, 1.54) is 5.56 Å². The van der Waals surface area contributed by atoms with Crippen LogP contribution in [0.15, 0.2) is 48.5 Å². The molecule has 0 unspecified atom stereocenters. The first-order chi connectivity index (χ1) is 13.7. The molecule has 1 fully saturated rings. The molecule has 2 heterocycles. The van der Waals surface area contributed by atoms with Crippen LogP contribution in [0.3, 0.4) is 0 Å². The van der Waals surface area contributed by atoms with Crippen molar-refractivity contribution in [3.8, 4) is 0 Å². The zero-order valence-corrected chi connectivity index (χ0v) is 17.4. The van der Waals surface area contributed by atoms with Gasteiger partial charge in [0.2, 0.25) is 11.8 Å². The molecular formula is C23H28ClN3O2. The molecule has 2 aliphatic heterocycles. The molecule has 2 aliphatic rings. The van der Waals surface area contributed by atoms with Gasteiger partial charge in [-0.3, -0.25) is 9.59 Å². The number of benzene rings is 2. The first kappa shape index (κ1) is 21.3. The lowest BCUT2D eigenvalue weighted by Crippen LogP contribution is -2.48. The Morgan fingerprint density at radius 1 is 1.00 bits per heavy atom. The van der Waals surface area contributed by atoms with Gasteiger partial charge in [-0.2, -0.15) is 0 Å². The number of likely N-dealkylation sites (tertiary alicyclic amines) is 1. The van der Waals surface area contributed by atoms with Crippen molar-refractivity contribution < 1.29 is 9.59 Å². The summed E-state index contributed by atoms with van der Waals surface area (Å²) in [5.74, 6) is 0.390. The third-order valence-electron chi connectivity index (χ3n) is 5.93. The number of carbonyl (C=O) groups is 2. The Bertz CT molecular complexity index is 861. The van der Waals surface area contributed by atoms with Gasteiger partial charge in [-0.05, 0) is 42.0 Å². The Hall–Kier alpha value is -2.37. The van der Waals surface area contributed by atoms with E-state index < -0.39 is 0 Å². The number of anilines is 1. The number of para-hydroxylation sites is 1. The number of hydrogen-bond donors (Lipinski definition) is 1. The number of piperidine rings is 1. The summed E-state index contributed by atoms with van der Waals surface area (Å²) in [5.41, 5.74) is 10.1. The van der Waals surface area contributed by atoms with Gasteiger partial charge in [-0.15, -0.1) is 12.4 Å². The molecule has 0 bridgehead atoms. The summed E-state index contributed by atoms with van der Waals surface area (Å²) >= 11 is 0. The average molecular weight is 414 g/mol. The van der Waals surface area contributed by atoms with E-state index in [0.717, 1.165) is 49.2 Å². The lowest BCUT2D eigenvalue weighted by atomic mass is 10.0. The standard InChI is InChI=1S/C23H27N3O2.ClH/c24-16-18-7-5-17(6-8-18)9-10-22(27)25-13-11-20(12-14-25)26-21-4-2-1-3-19(21)15-23(26)28;/h1-8,20H,9-16,24H2;1H. The van der Waals surface area contributed by atoms with Crippen molar-refractivity contribution >= 4 is 29.9 Å². The normalized spacial score (nSPS) is 16.5. The molecule has 2 amide bonds. The Morgan fingerprint density at radius 3 is 2.34 bits per heavy atom. The minimum absolute atomic E-state index is 0. The van der Waals surface area contributed by atoms with Gasteiger partial charge in [0.25, 0.3) is 0 Å². The van der Waals surface area contributed by atoms with Crippen molar-refractivity contribution in [2.75, 3.05) is 18.0 Å². The number of fused-ring (bicyclic) bond motifs is 1. The molecule has 2 aromatic carbocycles. The van der Waals surface area contributed by atoms with Crippen LogP contribution >= 0.6 is 12.4 Å². The molecule has 0 aromatic heterocycles. The maximum Gasteiger partial charge on any atom is 0.231 e. The highest BCUT2D eigenvalue weighted by Gasteiger charge is 2.35. The maximum absolute atomic E-state index is 12.6. The van der Waals surface area contributed by atoms with Gasteiger partial charge in [0.1, 0.15) is 0 Å². The Labute approximate surface area is 178 Å². The van der Waals surface area contributed by atoms with Crippen LogP contribution in [0.2, 0.25) is 0 Å². The lowest BCUT2D eigenvalue weighted by molar-refractivity contribution is -0.132. The van der Waals surface area contributed by atoms with Crippen LogP contribution in [0.5, 0.6) is 0 Å². The van der Waals surface area contributed by atoms with Crippen molar-refractivity contribution in [2.24, 2.45) is 5.73 Å². The second kappa shape index (κ2) is 9.42. The molecule has 4 rings (SSSR count). The Morgan fingerprint density at radius 2 is 1.66 bits per heavy atom. The SMILES string of the molecule is Cl.NCc1ccc(CCC(=O)N2CCC(N3C(=O)Cc4ccccc43)CC2)cc1. The zero-order chi connectivity index (χ0) is 19.5. The lowest BCUT2D eigenvalue weighted by Gasteiger charge is -2.37. The highest BCUT2D eigenvalue weighted by atomic mass is 35.5.